The molecule has 6 aromatic carbocycles. The summed E-state index contributed by atoms with van der Waals surface area (Å²) in [6.07, 6.45) is 3.53. The van der Waals surface area contributed by atoms with Crippen LogP contribution in [0.4, 0.5) is 0 Å². The fourth-order valence-corrected chi connectivity index (χ4v) is 6.35. The second-order valence-corrected chi connectivity index (χ2v) is 11.3. The predicted octanol–water partition coefficient (Wildman–Crippen LogP) is 4.57. The monoisotopic (exact) mass is 665 g/mol. The van der Waals surface area contributed by atoms with E-state index in [1.54, 1.807) is 0 Å². The average molecular weight is 668 g/mol. The van der Waals surface area contributed by atoms with E-state index in [9.17, 15) is 0 Å². The van der Waals surface area contributed by atoms with Crippen LogP contribution in [0.2, 0.25) is 13.1 Å². The summed E-state index contributed by atoms with van der Waals surface area (Å²) >= 11 is 0. The number of benzene rings is 5. The molecule has 0 amide bonds. The van der Waals surface area contributed by atoms with Gasteiger partial charge in [0.1, 0.15) is 0 Å². The van der Waals surface area contributed by atoms with Crippen molar-refractivity contribution >= 4 is 47.9 Å². The van der Waals surface area contributed by atoms with Crippen LogP contribution < -0.4 is 24.8 Å². The Morgan fingerprint density at radius 1 is 0.707 bits per heavy atom. The zero-order valence-corrected chi connectivity index (χ0v) is 28.9. The van der Waals surface area contributed by atoms with Crippen molar-refractivity contribution in [3.8, 4) is 11.1 Å². The number of rotatable bonds is 3. The van der Waals surface area contributed by atoms with E-state index < -0.39 is 0 Å². The second-order valence-electron chi connectivity index (χ2n) is 10.3. The van der Waals surface area contributed by atoms with Crippen molar-refractivity contribution in [1.82, 2.24) is 0 Å². The first-order chi connectivity index (χ1) is 18.7. The summed E-state index contributed by atoms with van der Waals surface area (Å²) < 4.78 is 0. The van der Waals surface area contributed by atoms with Crippen LogP contribution in [0.5, 0.6) is 0 Å². The second kappa shape index (κ2) is 14.2. The number of hydrogen-bond donors (Lipinski definition) is 0. The SMILES string of the molecule is CCC1=Cc2c(-c3c(C)ccc4ccccc34)cccc2C1c1cccc2c1[cH-]c1ccccc12.C[Si]C.[Cl-].[Cl-].[Zr+3]. The van der Waals surface area contributed by atoms with Gasteiger partial charge in [0, 0.05) is 15.4 Å². The molecule has 203 valence electrons. The van der Waals surface area contributed by atoms with Crippen molar-refractivity contribution < 1.29 is 51.0 Å². The van der Waals surface area contributed by atoms with Gasteiger partial charge < -0.3 is 24.8 Å². The normalized spacial score (nSPS) is 13.4. The molecule has 0 bridgehead atoms. The largest absolute Gasteiger partial charge is 3.00 e. The van der Waals surface area contributed by atoms with Crippen LogP contribution in [0, 0.1) is 6.92 Å². The maximum atomic E-state index is 2.48. The molecule has 0 spiro atoms. The Bertz CT molecular complexity index is 1830. The maximum Gasteiger partial charge on any atom is 3.00 e. The smallest absolute Gasteiger partial charge is 1.00 e. The number of fused-ring (bicyclic) bond motifs is 5. The van der Waals surface area contributed by atoms with Gasteiger partial charge >= 0.3 is 26.2 Å². The number of hydrogen-bond acceptors (Lipinski definition) is 0. The summed E-state index contributed by atoms with van der Waals surface area (Å²) in [6.45, 7) is 8.85. The molecular formula is C37H33Cl2SiZr. The topological polar surface area (TPSA) is 0 Å². The molecule has 3 radical (unpaired) electrons. The molecule has 1 unspecified atom stereocenters. The van der Waals surface area contributed by atoms with Crippen molar-refractivity contribution in [3.05, 3.63) is 131 Å². The third-order valence-corrected chi connectivity index (χ3v) is 7.97. The van der Waals surface area contributed by atoms with E-state index in [1.807, 2.05) is 0 Å². The molecule has 4 heteroatoms. The molecule has 0 saturated heterocycles. The standard InChI is InChI=1S/C35H27.C2H6Si.2ClH.Zr/c1-3-23-20-33-29(34-22(2)18-19-24-10-4-7-13-27(24)34)15-9-17-31(33)35(23)30-16-8-14-28-26-12-6-5-11-25(26)21-32(28)30;1-3-2;;;/h4-21,35H,3H2,1-2H3;1-2H3;2*1H;/q-1;;;;+3/p-2. The quantitative estimate of drug-likeness (QED) is 0.192. The third kappa shape index (κ3) is 5.82. The van der Waals surface area contributed by atoms with E-state index in [1.165, 1.54) is 71.3 Å². The number of allylic oxidation sites excluding steroid dienone is 1. The molecule has 7 rings (SSSR count). The summed E-state index contributed by atoms with van der Waals surface area (Å²) in [5, 5.41) is 8.06. The van der Waals surface area contributed by atoms with Gasteiger partial charge in [-0.3, -0.25) is 0 Å². The van der Waals surface area contributed by atoms with E-state index in [2.05, 4.69) is 136 Å². The summed E-state index contributed by atoms with van der Waals surface area (Å²) in [7, 11) is 1.08. The molecule has 0 N–H and O–H groups in total. The Morgan fingerprint density at radius 3 is 2.10 bits per heavy atom. The van der Waals surface area contributed by atoms with Gasteiger partial charge in [0.15, 0.2) is 0 Å². The summed E-state index contributed by atoms with van der Waals surface area (Å²) in [4.78, 5) is 0. The zero-order chi connectivity index (χ0) is 26.2. The third-order valence-electron chi connectivity index (χ3n) is 7.97. The Morgan fingerprint density at radius 2 is 1.34 bits per heavy atom. The van der Waals surface area contributed by atoms with Crippen LogP contribution in [0.15, 0.2) is 109 Å². The zero-order valence-electron chi connectivity index (χ0n) is 23.9. The van der Waals surface area contributed by atoms with Crippen molar-refractivity contribution in [2.24, 2.45) is 0 Å². The van der Waals surface area contributed by atoms with E-state index in [0.29, 0.717) is 5.92 Å². The molecule has 6 aromatic rings. The fraction of sp³-hybridized carbons (Fsp3) is 0.162. The molecular weight excluding hydrogens is 635 g/mol. The summed E-state index contributed by atoms with van der Waals surface area (Å²) in [5.74, 6) is 0.297. The predicted molar refractivity (Wildman–Crippen MR) is 169 cm³/mol. The molecule has 1 atom stereocenters. The molecule has 0 fully saturated rings. The molecule has 0 aliphatic heterocycles. The van der Waals surface area contributed by atoms with Crippen molar-refractivity contribution in [1.29, 1.82) is 0 Å². The van der Waals surface area contributed by atoms with Crippen molar-refractivity contribution in [3.63, 3.8) is 0 Å². The Kier molecular flexibility index (Phi) is 11.5. The Labute approximate surface area is 278 Å². The minimum Gasteiger partial charge on any atom is -1.00 e. The van der Waals surface area contributed by atoms with Gasteiger partial charge in [0.05, 0.1) is 0 Å². The van der Waals surface area contributed by atoms with Gasteiger partial charge in [-0.25, -0.2) is 0 Å². The summed E-state index contributed by atoms with van der Waals surface area (Å²) in [5.41, 5.74) is 9.80. The molecule has 0 saturated carbocycles. The van der Waals surface area contributed by atoms with Gasteiger partial charge in [-0.05, 0) is 51.9 Å². The van der Waals surface area contributed by atoms with Crippen LogP contribution in [0.25, 0.3) is 49.5 Å². The number of halogens is 2. The van der Waals surface area contributed by atoms with Crippen LogP contribution in [-0.4, -0.2) is 9.52 Å². The molecule has 1 aliphatic rings. The molecule has 0 nitrogen and oxygen atoms in total. The van der Waals surface area contributed by atoms with Crippen molar-refractivity contribution in [2.75, 3.05) is 0 Å². The van der Waals surface area contributed by atoms with Crippen LogP contribution in [0.1, 0.15) is 41.5 Å². The molecule has 41 heavy (non-hydrogen) atoms. The number of aryl methyl sites for hydroxylation is 1. The molecule has 1 aliphatic carbocycles. The molecule has 0 aromatic heterocycles. The van der Waals surface area contributed by atoms with E-state index in [0.717, 1.165) is 15.9 Å². The van der Waals surface area contributed by atoms with E-state index in [4.69, 9.17) is 0 Å². The maximum absolute atomic E-state index is 2.48. The minimum atomic E-state index is 0. The van der Waals surface area contributed by atoms with Gasteiger partial charge in [-0.15, -0.1) is 33.7 Å². The van der Waals surface area contributed by atoms with Crippen LogP contribution in [-0.2, 0) is 26.2 Å². The van der Waals surface area contributed by atoms with Gasteiger partial charge in [-0.1, -0.05) is 128 Å². The Balaban J connectivity index is 0.000000740. The van der Waals surface area contributed by atoms with Gasteiger partial charge in [0.2, 0.25) is 0 Å². The first kappa shape index (κ1) is 33.2. The van der Waals surface area contributed by atoms with E-state index in [-0.39, 0.29) is 51.0 Å². The van der Waals surface area contributed by atoms with E-state index >= 15 is 0 Å². The van der Waals surface area contributed by atoms with Gasteiger partial charge in [0.25, 0.3) is 0 Å². The van der Waals surface area contributed by atoms with Gasteiger partial charge in [-0.2, -0.15) is 0 Å². The first-order valence-corrected chi connectivity index (χ1v) is 15.6. The van der Waals surface area contributed by atoms with Crippen LogP contribution in [0.3, 0.4) is 0 Å². The first-order valence-electron chi connectivity index (χ1n) is 13.6. The Hall–Kier alpha value is -2.35. The minimum absolute atomic E-state index is 0. The van der Waals surface area contributed by atoms with Crippen LogP contribution >= 0.6 is 0 Å². The fourth-order valence-electron chi connectivity index (χ4n) is 6.35. The van der Waals surface area contributed by atoms with Crippen molar-refractivity contribution in [2.45, 2.75) is 39.3 Å². The summed E-state index contributed by atoms with van der Waals surface area (Å²) in [6, 6.07) is 38.3. The molecule has 0 heterocycles. The average Bonchev–Trinajstić information content (AvgIpc) is 3.52.